The van der Waals surface area contributed by atoms with Crippen molar-refractivity contribution in [2.75, 3.05) is 26.2 Å². The Morgan fingerprint density at radius 2 is 2.10 bits per heavy atom. The molecule has 0 saturated heterocycles. The monoisotopic (exact) mass is 163 g/mol. The summed E-state index contributed by atoms with van der Waals surface area (Å²) in [6, 6.07) is 0. The summed E-state index contributed by atoms with van der Waals surface area (Å²) in [4.78, 5) is 0. The third kappa shape index (κ3) is 8.23. The van der Waals surface area contributed by atoms with Gasteiger partial charge in [-0.25, -0.2) is 0 Å². The third-order valence-electron chi connectivity index (χ3n) is 1.06. The fraction of sp³-hybridized carbons (Fsp3) is 1.00. The maximum atomic E-state index is 5.27. The number of nitrogens with one attached hydrogen (secondary N) is 2. The van der Waals surface area contributed by atoms with Gasteiger partial charge < -0.3 is 16.4 Å². The van der Waals surface area contributed by atoms with E-state index < -0.39 is 0 Å². The summed E-state index contributed by atoms with van der Waals surface area (Å²) in [6.07, 6.45) is 0. The quantitative estimate of drug-likeness (QED) is 0.240. The van der Waals surface area contributed by atoms with E-state index in [9.17, 15) is 0 Å². The minimum atomic E-state index is 0.277. The van der Waals surface area contributed by atoms with Crippen molar-refractivity contribution >= 4 is 12.6 Å². The van der Waals surface area contributed by atoms with Crippen LogP contribution in [0.25, 0.3) is 0 Å². The summed E-state index contributed by atoms with van der Waals surface area (Å²) in [6.45, 7) is 5.51. The highest BCUT2D eigenvalue weighted by atomic mass is 32.1. The third-order valence-corrected chi connectivity index (χ3v) is 1.25. The molecule has 10 heavy (non-hydrogen) atoms. The van der Waals surface area contributed by atoms with Crippen molar-refractivity contribution in [2.45, 2.75) is 12.3 Å². The van der Waals surface area contributed by atoms with Gasteiger partial charge in [-0.1, -0.05) is 0 Å². The van der Waals surface area contributed by atoms with Crippen LogP contribution in [0.1, 0.15) is 6.92 Å². The second-order valence-corrected chi connectivity index (χ2v) is 2.94. The molecule has 0 aromatic heterocycles. The number of thiol groups is 1. The fourth-order valence-electron chi connectivity index (χ4n) is 0.597. The Morgan fingerprint density at radius 3 is 2.60 bits per heavy atom. The Bertz CT molecular complexity index is 68.0. The lowest BCUT2D eigenvalue weighted by Gasteiger charge is -2.07. The summed E-state index contributed by atoms with van der Waals surface area (Å²) in [7, 11) is 0. The maximum absolute atomic E-state index is 5.27. The first-order chi connectivity index (χ1) is 4.77. The molecule has 0 heterocycles. The zero-order valence-corrected chi connectivity index (χ0v) is 7.32. The van der Waals surface area contributed by atoms with Crippen LogP contribution >= 0.6 is 12.6 Å². The number of hydrogen-bond acceptors (Lipinski definition) is 4. The number of nitrogens with two attached hydrogens (primary N) is 1. The minimum absolute atomic E-state index is 0.277. The molecule has 0 aromatic carbocycles. The van der Waals surface area contributed by atoms with Gasteiger partial charge in [0.05, 0.1) is 0 Å². The first kappa shape index (κ1) is 10.2. The summed E-state index contributed by atoms with van der Waals surface area (Å²) < 4.78 is 0. The van der Waals surface area contributed by atoms with Crippen LogP contribution in [0.3, 0.4) is 0 Å². The van der Waals surface area contributed by atoms with Gasteiger partial charge in [0.15, 0.2) is 0 Å². The van der Waals surface area contributed by atoms with Crippen LogP contribution in [0.2, 0.25) is 0 Å². The molecule has 0 amide bonds. The molecule has 0 aliphatic rings. The van der Waals surface area contributed by atoms with Gasteiger partial charge in [0.2, 0.25) is 0 Å². The Balaban J connectivity index is 2.77. The Labute approximate surface area is 68.2 Å². The van der Waals surface area contributed by atoms with Gasteiger partial charge in [-0.3, -0.25) is 0 Å². The van der Waals surface area contributed by atoms with Gasteiger partial charge in [-0.05, 0) is 6.92 Å². The predicted molar refractivity (Wildman–Crippen MR) is 48.4 cm³/mol. The summed E-state index contributed by atoms with van der Waals surface area (Å²) in [5, 5.41) is 6.61. The second-order valence-electron chi connectivity index (χ2n) is 2.17. The second kappa shape index (κ2) is 7.34. The molecular weight excluding hydrogens is 146 g/mol. The van der Waals surface area contributed by atoms with Crippen molar-refractivity contribution < 1.29 is 0 Å². The first-order valence-electron chi connectivity index (χ1n) is 3.59. The molecule has 0 rings (SSSR count). The van der Waals surface area contributed by atoms with Gasteiger partial charge in [-0.2, -0.15) is 12.6 Å². The van der Waals surface area contributed by atoms with Crippen molar-refractivity contribution in [2.24, 2.45) is 5.73 Å². The van der Waals surface area contributed by atoms with Crippen molar-refractivity contribution in [3.8, 4) is 0 Å². The molecule has 0 aliphatic heterocycles. The SMILES string of the molecule is CC(S)NCCNCCN. The van der Waals surface area contributed by atoms with Crippen molar-refractivity contribution in [3.63, 3.8) is 0 Å². The normalized spacial score (nSPS) is 13.5. The Morgan fingerprint density at radius 1 is 1.40 bits per heavy atom. The smallest absolute Gasteiger partial charge is 0.0474 e. The van der Waals surface area contributed by atoms with E-state index in [0.717, 1.165) is 19.6 Å². The van der Waals surface area contributed by atoms with Crippen LogP contribution in [-0.4, -0.2) is 31.6 Å². The molecule has 0 saturated carbocycles. The van der Waals surface area contributed by atoms with E-state index in [1.54, 1.807) is 0 Å². The molecule has 0 fully saturated rings. The summed E-state index contributed by atoms with van der Waals surface area (Å²) in [5.41, 5.74) is 5.27. The van der Waals surface area contributed by atoms with Crippen molar-refractivity contribution in [1.29, 1.82) is 0 Å². The van der Waals surface area contributed by atoms with E-state index in [-0.39, 0.29) is 5.37 Å². The minimum Gasteiger partial charge on any atom is -0.329 e. The van der Waals surface area contributed by atoms with Gasteiger partial charge in [0.1, 0.15) is 0 Å². The molecule has 62 valence electrons. The molecule has 0 spiro atoms. The standard InChI is InChI=1S/C6H17N3S/c1-6(10)9-5-4-8-3-2-7/h6,8-10H,2-5,7H2,1H3. The zero-order valence-electron chi connectivity index (χ0n) is 6.43. The molecule has 1 atom stereocenters. The largest absolute Gasteiger partial charge is 0.329 e. The van der Waals surface area contributed by atoms with E-state index >= 15 is 0 Å². The van der Waals surface area contributed by atoms with Crippen LogP contribution < -0.4 is 16.4 Å². The summed E-state index contributed by atoms with van der Waals surface area (Å²) >= 11 is 4.16. The molecule has 3 nitrogen and oxygen atoms in total. The first-order valence-corrected chi connectivity index (χ1v) is 4.11. The van der Waals surface area contributed by atoms with E-state index in [4.69, 9.17) is 5.73 Å². The van der Waals surface area contributed by atoms with Gasteiger partial charge in [0, 0.05) is 31.6 Å². The van der Waals surface area contributed by atoms with Crippen molar-refractivity contribution in [3.05, 3.63) is 0 Å². The van der Waals surface area contributed by atoms with E-state index in [0.29, 0.717) is 6.54 Å². The molecule has 0 bridgehead atoms. The average Bonchev–Trinajstić information content (AvgIpc) is 1.87. The Hall–Kier alpha value is 0.230. The molecule has 0 radical (unpaired) electrons. The van der Waals surface area contributed by atoms with Crippen LogP contribution in [-0.2, 0) is 0 Å². The summed E-state index contributed by atoms with van der Waals surface area (Å²) in [5.74, 6) is 0. The molecule has 1 unspecified atom stereocenters. The lowest BCUT2D eigenvalue weighted by atomic mass is 10.5. The maximum Gasteiger partial charge on any atom is 0.0474 e. The van der Waals surface area contributed by atoms with Crippen LogP contribution in [0.5, 0.6) is 0 Å². The van der Waals surface area contributed by atoms with Gasteiger partial charge >= 0.3 is 0 Å². The van der Waals surface area contributed by atoms with E-state index in [2.05, 4.69) is 23.3 Å². The van der Waals surface area contributed by atoms with E-state index in [1.165, 1.54) is 0 Å². The Kier molecular flexibility index (Phi) is 7.51. The number of hydrogen-bond donors (Lipinski definition) is 4. The van der Waals surface area contributed by atoms with E-state index in [1.807, 2.05) is 6.92 Å². The lowest BCUT2D eigenvalue weighted by Crippen LogP contribution is -2.32. The highest BCUT2D eigenvalue weighted by Gasteiger charge is 1.89. The number of rotatable bonds is 6. The average molecular weight is 163 g/mol. The van der Waals surface area contributed by atoms with Crippen LogP contribution in [0, 0.1) is 0 Å². The van der Waals surface area contributed by atoms with Gasteiger partial charge in [-0.15, -0.1) is 0 Å². The molecular formula is C6H17N3S. The predicted octanol–water partition coefficient (Wildman–Crippen LogP) is -0.600. The lowest BCUT2D eigenvalue weighted by molar-refractivity contribution is 0.614. The molecule has 0 aliphatic carbocycles. The zero-order chi connectivity index (χ0) is 7.82. The molecule has 4 N–H and O–H groups in total. The van der Waals surface area contributed by atoms with Crippen LogP contribution in [0.15, 0.2) is 0 Å². The highest BCUT2D eigenvalue weighted by molar-refractivity contribution is 7.80. The topological polar surface area (TPSA) is 50.1 Å². The fourth-order valence-corrected chi connectivity index (χ4v) is 0.726. The van der Waals surface area contributed by atoms with Gasteiger partial charge in [0.25, 0.3) is 0 Å². The van der Waals surface area contributed by atoms with Crippen molar-refractivity contribution in [1.82, 2.24) is 10.6 Å². The van der Waals surface area contributed by atoms with Crippen LogP contribution in [0.4, 0.5) is 0 Å². The highest BCUT2D eigenvalue weighted by Crippen LogP contribution is 1.82. The molecule has 0 aromatic rings. The molecule has 4 heteroatoms.